The smallest absolute Gasteiger partial charge is 0.308 e. The van der Waals surface area contributed by atoms with Gasteiger partial charge in [0.15, 0.2) is 0 Å². The van der Waals surface area contributed by atoms with Crippen molar-refractivity contribution in [2.45, 2.75) is 76.9 Å². The van der Waals surface area contributed by atoms with Crippen molar-refractivity contribution in [3.8, 4) is 0 Å². The lowest BCUT2D eigenvalue weighted by atomic mass is 9.78. The Bertz CT molecular complexity index is 337. The molecule has 1 heterocycles. The Morgan fingerprint density at radius 1 is 1.24 bits per heavy atom. The summed E-state index contributed by atoms with van der Waals surface area (Å²) in [5.41, 5.74) is -0.610. The van der Waals surface area contributed by atoms with E-state index in [4.69, 9.17) is 4.74 Å². The maximum absolute atomic E-state index is 11.8. The second-order valence-corrected chi connectivity index (χ2v) is 6.92. The van der Waals surface area contributed by atoms with E-state index in [0.717, 1.165) is 38.8 Å². The minimum absolute atomic E-state index is 0.00761. The molecule has 21 heavy (non-hydrogen) atoms. The van der Waals surface area contributed by atoms with Crippen molar-refractivity contribution in [1.82, 2.24) is 4.90 Å². The lowest BCUT2D eigenvalue weighted by Crippen LogP contribution is -2.48. The van der Waals surface area contributed by atoms with Gasteiger partial charge in [0.1, 0.15) is 0 Å². The minimum atomic E-state index is -0.610. The Morgan fingerprint density at radius 2 is 1.95 bits per heavy atom. The van der Waals surface area contributed by atoms with Gasteiger partial charge in [-0.05, 0) is 58.9 Å². The third kappa shape index (κ3) is 4.68. The largest absolute Gasteiger partial charge is 0.466 e. The predicted octanol–water partition coefficient (Wildman–Crippen LogP) is 2.74. The summed E-state index contributed by atoms with van der Waals surface area (Å²) in [4.78, 5) is 14.2. The quantitative estimate of drug-likeness (QED) is 0.811. The number of carbonyl (C=O) groups excluding carboxylic acids is 1. The summed E-state index contributed by atoms with van der Waals surface area (Å²) in [6.45, 7) is 6.44. The van der Waals surface area contributed by atoms with E-state index < -0.39 is 5.60 Å². The van der Waals surface area contributed by atoms with Gasteiger partial charge >= 0.3 is 5.97 Å². The fraction of sp³-hybridized carbons (Fsp3) is 0.941. The van der Waals surface area contributed by atoms with Gasteiger partial charge in [-0.1, -0.05) is 12.8 Å². The average molecular weight is 297 g/mol. The Labute approximate surface area is 128 Å². The van der Waals surface area contributed by atoms with Crippen LogP contribution in [-0.2, 0) is 9.53 Å². The highest BCUT2D eigenvalue weighted by atomic mass is 16.5. The van der Waals surface area contributed by atoms with E-state index in [2.05, 4.69) is 11.8 Å². The van der Waals surface area contributed by atoms with Crippen LogP contribution >= 0.6 is 0 Å². The van der Waals surface area contributed by atoms with Crippen LogP contribution in [-0.4, -0.2) is 47.3 Å². The molecule has 0 amide bonds. The van der Waals surface area contributed by atoms with Crippen molar-refractivity contribution >= 4 is 5.97 Å². The minimum Gasteiger partial charge on any atom is -0.466 e. The van der Waals surface area contributed by atoms with Crippen LogP contribution in [0.3, 0.4) is 0 Å². The molecular formula is C17H31NO3. The number of nitrogens with zero attached hydrogens (tertiary/aromatic N) is 1. The number of hydrogen-bond donors (Lipinski definition) is 1. The van der Waals surface area contributed by atoms with Crippen molar-refractivity contribution in [1.29, 1.82) is 0 Å². The number of esters is 1. The molecule has 2 fully saturated rings. The first-order chi connectivity index (χ1) is 10.0. The number of carbonyl (C=O) groups is 1. The van der Waals surface area contributed by atoms with Crippen LogP contribution in [0, 0.1) is 5.92 Å². The number of rotatable bonds is 4. The van der Waals surface area contributed by atoms with Crippen LogP contribution in [0.4, 0.5) is 0 Å². The zero-order chi connectivity index (χ0) is 15.3. The summed E-state index contributed by atoms with van der Waals surface area (Å²) in [6, 6.07) is 0.569. The standard InChI is InChI=1S/C17H31NO3/c1-3-21-16(19)15-8-10-17(20,11-9-15)13-18-12-6-4-5-7-14(18)2/h14-15,20H,3-13H2,1-2H3. The molecule has 1 aliphatic carbocycles. The van der Waals surface area contributed by atoms with E-state index in [1.165, 1.54) is 25.7 Å². The van der Waals surface area contributed by atoms with E-state index in [9.17, 15) is 9.90 Å². The van der Waals surface area contributed by atoms with Gasteiger partial charge in [0, 0.05) is 12.6 Å². The van der Waals surface area contributed by atoms with Crippen LogP contribution in [0.2, 0.25) is 0 Å². The average Bonchev–Trinajstić information content (AvgIpc) is 2.65. The van der Waals surface area contributed by atoms with Crippen molar-refractivity contribution < 1.29 is 14.6 Å². The van der Waals surface area contributed by atoms with Crippen LogP contribution in [0.5, 0.6) is 0 Å². The van der Waals surface area contributed by atoms with Gasteiger partial charge in [-0.15, -0.1) is 0 Å². The molecular weight excluding hydrogens is 266 g/mol. The lowest BCUT2D eigenvalue weighted by molar-refractivity contribution is -0.151. The van der Waals surface area contributed by atoms with Gasteiger partial charge in [0.2, 0.25) is 0 Å². The highest BCUT2D eigenvalue weighted by molar-refractivity contribution is 5.72. The molecule has 1 N–H and O–H groups in total. The molecule has 1 saturated heterocycles. The Balaban J connectivity index is 1.85. The molecule has 1 aliphatic heterocycles. The number of aliphatic hydroxyl groups is 1. The van der Waals surface area contributed by atoms with Crippen molar-refractivity contribution in [3.05, 3.63) is 0 Å². The van der Waals surface area contributed by atoms with Crippen LogP contribution in [0.25, 0.3) is 0 Å². The zero-order valence-electron chi connectivity index (χ0n) is 13.6. The first-order valence-electron chi connectivity index (χ1n) is 8.67. The molecule has 0 aromatic carbocycles. The molecule has 122 valence electrons. The second-order valence-electron chi connectivity index (χ2n) is 6.92. The Morgan fingerprint density at radius 3 is 2.62 bits per heavy atom. The number of hydrogen-bond acceptors (Lipinski definition) is 4. The third-order valence-corrected chi connectivity index (χ3v) is 5.22. The molecule has 2 rings (SSSR count). The molecule has 0 aromatic rings. The zero-order valence-corrected chi connectivity index (χ0v) is 13.6. The molecule has 2 aliphatic rings. The number of ether oxygens (including phenoxy) is 1. The molecule has 0 aromatic heterocycles. The molecule has 1 atom stereocenters. The first kappa shape index (κ1) is 16.8. The molecule has 1 unspecified atom stereocenters. The van der Waals surface area contributed by atoms with Crippen LogP contribution < -0.4 is 0 Å². The van der Waals surface area contributed by atoms with E-state index in [0.29, 0.717) is 12.6 Å². The van der Waals surface area contributed by atoms with Crippen molar-refractivity contribution in [3.63, 3.8) is 0 Å². The van der Waals surface area contributed by atoms with Crippen LogP contribution in [0.1, 0.15) is 65.2 Å². The van der Waals surface area contributed by atoms with E-state index >= 15 is 0 Å². The maximum atomic E-state index is 11.8. The van der Waals surface area contributed by atoms with E-state index in [-0.39, 0.29) is 11.9 Å². The van der Waals surface area contributed by atoms with Gasteiger partial charge in [0.05, 0.1) is 18.1 Å². The maximum Gasteiger partial charge on any atom is 0.308 e. The van der Waals surface area contributed by atoms with Gasteiger partial charge in [-0.3, -0.25) is 9.69 Å². The summed E-state index contributed by atoms with van der Waals surface area (Å²) < 4.78 is 5.10. The van der Waals surface area contributed by atoms with E-state index in [1.807, 2.05) is 6.92 Å². The molecule has 1 saturated carbocycles. The van der Waals surface area contributed by atoms with Gasteiger partial charge in [0.25, 0.3) is 0 Å². The summed E-state index contributed by atoms with van der Waals surface area (Å²) in [5.74, 6) is -0.0885. The topological polar surface area (TPSA) is 49.8 Å². The predicted molar refractivity (Wildman–Crippen MR) is 83.0 cm³/mol. The summed E-state index contributed by atoms with van der Waals surface area (Å²) in [7, 11) is 0. The Kier molecular flexibility index (Phi) is 6.06. The Hall–Kier alpha value is -0.610. The van der Waals surface area contributed by atoms with Crippen molar-refractivity contribution in [2.24, 2.45) is 5.92 Å². The summed E-state index contributed by atoms with van der Waals surface area (Å²) in [5, 5.41) is 10.9. The second kappa shape index (κ2) is 7.59. The molecule has 0 spiro atoms. The number of likely N-dealkylation sites (tertiary alicyclic amines) is 1. The summed E-state index contributed by atoms with van der Waals surface area (Å²) >= 11 is 0. The van der Waals surface area contributed by atoms with Gasteiger partial charge in [-0.25, -0.2) is 0 Å². The highest BCUT2D eigenvalue weighted by Gasteiger charge is 2.38. The first-order valence-corrected chi connectivity index (χ1v) is 8.67. The lowest BCUT2D eigenvalue weighted by Gasteiger charge is -2.40. The molecule has 4 nitrogen and oxygen atoms in total. The SMILES string of the molecule is CCOC(=O)C1CCC(O)(CN2CCCCCC2C)CC1. The molecule has 4 heteroatoms. The molecule has 0 bridgehead atoms. The number of β-amino-alcohol motifs (C(OH)–C–C–N with tert-alkyl or cyclic N) is 1. The molecule has 0 radical (unpaired) electrons. The monoisotopic (exact) mass is 297 g/mol. The fourth-order valence-electron chi connectivity index (χ4n) is 3.76. The fourth-order valence-corrected chi connectivity index (χ4v) is 3.76. The van der Waals surface area contributed by atoms with Gasteiger partial charge in [-0.2, -0.15) is 0 Å². The van der Waals surface area contributed by atoms with E-state index in [1.54, 1.807) is 0 Å². The van der Waals surface area contributed by atoms with Crippen LogP contribution in [0.15, 0.2) is 0 Å². The third-order valence-electron chi connectivity index (χ3n) is 5.22. The summed E-state index contributed by atoms with van der Waals surface area (Å²) in [6.07, 6.45) is 8.06. The normalized spacial score (nSPS) is 35.2. The van der Waals surface area contributed by atoms with Crippen molar-refractivity contribution in [2.75, 3.05) is 19.7 Å². The van der Waals surface area contributed by atoms with Gasteiger partial charge < -0.3 is 9.84 Å². The highest BCUT2D eigenvalue weighted by Crippen LogP contribution is 2.34.